The van der Waals surface area contributed by atoms with Crippen LogP contribution in [-0.2, 0) is 4.74 Å². The Kier molecular flexibility index (Phi) is 4.77. The molecular formula is C12H16N2O2. The molecule has 16 heavy (non-hydrogen) atoms. The monoisotopic (exact) mass is 220 g/mol. The van der Waals surface area contributed by atoms with Crippen molar-refractivity contribution in [2.24, 2.45) is 0 Å². The van der Waals surface area contributed by atoms with Crippen molar-refractivity contribution in [3.8, 4) is 6.07 Å². The van der Waals surface area contributed by atoms with E-state index in [-0.39, 0.29) is 12.6 Å². The van der Waals surface area contributed by atoms with Crippen molar-refractivity contribution in [3.63, 3.8) is 0 Å². The van der Waals surface area contributed by atoms with E-state index in [0.29, 0.717) is 12.2 Å². The molecule has 1 rings (SSSR count). The van der Waals surface area contributed by atoms with E-state index in [9.17, 15) is 0 Å². The lowest BCUT2D eigenvalue weighted by Gasteiger charge is -2.19. The minimum absolute atomic E-state index is 0.0347. The average Bonchev–Trinajstić information content (AvgIpc) is 2.30. The van der Waals surface area contributed by atoms with Crippen LogP contribution in [-0.4, -0.2) is 31.5 Å². The second-order valence-corrected chi connectivity index (χ2v) is 3.59. The molecule has 0 aliphatic heterocycles. The molecule has 2 N–H and O–H groups in total. The van der Waals surface area contributed by atoms with E-state index in [1.807, 2.05) is 19.1 Å². The van der Waals surface area contributed by atoms with Crippen LogP contribution in [0, 0.1) is 18.3 Å². The van der Waals surface area contributed by atoms with Crippen LogP contribution in [0.4, 0.5) is 5.69 Å². The molecule has 0 spiro atoms. The molecule has 1 atom stereocenters. The van der Waals surface area contributed by atoms with Crippen molar-refractivity contribution in [1.82, 2.24) is 0 Å². The van der Waals surface area contributed by atoms with Gasteiger partial charge in [-0.2, -0.15) is 5.26 Å². The molecule has 0 saturated carbocycles. The van der Waals surface area contributed by atoms with E-state index in [1.54, 1.807) is 13.2 Å². The van der Waals surface area contributed by atoms with Gasteiger partial charge in [0.15, 0.2) is 0 Å². The van der Waals surface area contributed by atoms with E-state index in [1.165, 1.54) is 0 Å². The van der Waals surface area contributed by atoms with Gasteiger partial charge in [-0.25, -0.2) is 0 Å². The Hall–Kier alpha value is -1.57. The summed E-state index contributed by atoms with van der Waals surface area (Å²) in [6.45, 7) is 2.28. The Morgan fingerprint density at radius 3 is 2.88 bits per heavy atom. The summed E-state index contributed by atoms with van der Waals surface area (Å²) in [5.41, 5.74) is 2.32. The molecule has 1 aromatic rings. The second-order valence-electron chi connectivity index (χ2n) is 3.59. The standard InChI is InChI=1S/C12H16N2O2/c1-9-4-3-5-10(6-13)12(9)14-11(7-15)8-16-2/h3-5,11,14-15H,7-8H2,1-2H3. The fourth-order valence-electron chi connectivity index (χ4n) is 1.50. The fourth-order valence-corrected chi connectivity index (χ4v) is 1.50. The number of nitrogens with zero attached hydrogens (tertiary/aromatic N) is 1. The van der Waals surface area contributed by atoms with Gasteiger partial charge in [0.25, 0.3) is 0 Å². The number of benzene rings is 1. The first-order valence-corrected chi connectivity index (χ1v) is 5.09. The van der Waals surface area contributed by atoms with Crippen molar-refractivity contribution in [3.05, 3.63) is 29.3 Å². The summed E-state index contributed by atoms with van der Waals surface area (Å²) in [6.07, 6.45) is 0. The van der Waals surface area contributed by atoms with Gasteiger partial charge in [0, 0.05) is 7.11 Å². The minimum atomic E-state index is -0.196. The van der Waals surface area contributed by atoms with Crippen LogP contribution in [0.25, 0.3) is 0 Å². The first-order chi connectivity index (χ1) is 7.72. The van der Waals surface area contributed by atoms with Crippen LogP contribution in [0.15, 0.2) is 18.2 Å². The Balaban J connectivity index is 2.91. The summed E-state index contributed by atoms with van der Waals surface area (Å²) >= 11 is 0. The Morgan fingerprint density at radius 2 is 2.31 bits per heavy atom. The van der Waals surface area contributed by atoms with Crippen molar-refractivity contribution in [2.75, 3.05) is 25.6 Å². The smallest absolute Gasteiger partial charge is 0.101 e. The highest BCUT2D eigenvalue weighted by Gasteiger charge is 2.11. The molecule has 0 saturated heterocycles. The normalized spacial score (nSPS) is 11.9. The lowest BCUT2D eigenvalue weighted by Crippen LogP contribution is -2.29. The van der Waals surface area contributed by atoms with Crippen LogP contribution in [0.3, 0.4) is 0 Å². The molecule has 0 aliphatic rings. The van der Waals surface area contributed by atoms with E-state index >= 15 is 0 Å². The number of methoxy groups -OCH3 is 1. The zero-order chi connectivity index (χ0) is 12.0. The summed E-state index contributed by atoms with van der Waals surface area (Å²) in [4.78, 5) is 0. The lowest BCUT2D eigenvalue weighted by atomic mass is 10.1. The van der Waals surface area contributed by atoms with Crippen LogP contribution >= 0.6 is 0 Å². The number of aryl methyl sites for hydroxylation is 1. The average molecular weight is 220 g/mol. The molecule has 4 heteroatoms. The number of hydrogen-bond donors (Lipinski definition) is 2. The molecule has 0 bridgehead atoms. The Labute approximate surface area is 95.5 Å². The molecule has 0 fully saturated rings. The molecule has 0 aromatic heterocycles. The highest BCUT2D eigenvalue weighted by atomic mass is 16.5. The summed E-state index contributed by atoms with van der Waals surface area (Å²) in [7, 11) is 1.58. The number of nitrogens with one attached hydrogen (secondary N) is 1. The molecule has 0 aliphatic carbocycles. The Bertz CT molecular complexity index is 385. The molecular weight excluding hydrogens is 204 g/mol. The summed E-state index contributed by atoms with van der Waals surface area (Å²) in [5, 5.41) is 21.2. The van der Waals surface area contributed by atoms with Gasteiger partial charge in [-0.15, -0.1) is 0 Å². The van der Waals surface area contributed by atoms with Gasteiger partial charge in [-0.3, -0.25) is 0 Å². The predicted octanol–water partition coefficient (Wildman–Crippen LogP) is 1.29. The van der Waals surface area contributed by atoms with E-state index < -0.39 is 0 Å². The van der Waals surface area contributed by atoms with Crippen LogP contribution in [0.2, 0.25) is 0 Å². The maximum absolute atomic E-state index is 9.15. The van der Waals surface area contributed by atoms with Gasteiger partial charge in [0.1, 0.15) is 6.07 Å². The zero-order valence-electron chi connectivity index (χ0n) is 9.53. The number of anilines is 1. The number of aliphatic hydroxyl groups excluding tert-OH is 1. The van der Waals surface area contributed by atoms with Gasteiger partial charge >= 0.3 is 0 Å². The minimum Gasteiger partial charge on any atom is -0.394 e. The lowest BCUT2D eigenvalue weighted by molar-refractivity contribution is 0.153. The van der Waals surface area contributed by atoms with Crippen LogP contribution in [0.5, 0.6) is 0 Å². The van der Waals surface area contributed by atoms with Gasteiger partial charge in [-0.1, -0.05) is 12.1 Å². The quantitative estimate of drug-likeness (QED) is 0.784. The summed E-state index contributed by atoms with van der Waals surface area (Å²) in [5.74, 6) is 0. The molecule has 0 amide bonds. The third-order valence-corrected chi connectivity index (χ3v) is 2.33. The third kappa shape index (κ3) is 2.96. The highest BCUT2D eigenvalue weighted by molar-refractivity contribution is 5.62. The van der Waals surface area contributed by atoms with E-state index in [4.69, 9.17) is 15.1 Å². The SMILES string of the molecule is COCC(CO)Nc1c(C)cccc1C#N. The van der Waals surface area contributed by atoms with Crippen LogP contribution < -0.4 is 5.32 Å². The van der Waals surface area contributed by atoms with Gasteiger partial charge in [0.2, 0.25) is 0 Å². The first kappa shape index (κ1) is 12.5. The maximum Gasteiger partial charge on any atom is 0.101 e. The van der Waals surface area contributed by atoms with E-state index in [2.05, 4.69) is 11.4 Å². The summed E-state index contributed by atoms with van der Waals surface area (Å²) in [6, 6.07) is 7.43. The van der Waals surface area contributed by atoms with Crippen molar-refractivity contribution in [2.45, 2.75) is 13.0 Å². The van der Waals surface area contributed by atoms with Gasteiger partial charge < -0.3 is 15.2 Å². The highest BCUT2D eigenvalue weighted by Crippen LogP contribution is 2.20. The number of aliphatic hydroxyl groups is 1. The zero-order valence-corrected chi connectivity index (χ0v) is 9.53. The first-order valence-electron chi connectivity index (χ1n) is 5.09. The molecule has 1 aromatic carbocycles. The largest absolute Gasteiger partial charge is 0.394 e. The number of hydrogen-bond acceptors (Lipinski definition) is 4. The second kappa shape index (κ2) is 6.11. The molecule has 4 nitrogen and oxygen atoms in total. The van der Waals surface area contributed by atoms with Gasteiger partial charge in [-0.05, 0) is 18.6 Å². The number of nitriles is 1. The molecule has 0 heterocycles. The number of rotatable bonds is 5. The molecule has 86 valence electrons. The van der Waals surface area contributed by atoms with Crippen molar-refractivity contribution >= 4 is 5.69 Å². The third-order valence-electron chi connectivity index (χ3n) is 2.33. The maximum atomic E-state index is 9.15. The van der Waals surface area contributed by atoms with Crippen molar-refractivity contribution in [1.29, 1.82) is 5.26 Å². The fraction of sp³-hybridized carbons (Fsp3) is 0.417. The van der Waals surface area contributed by atoms with Crippen molar-refractivity contribution < 1.29 is 9.84 Å². The molecule has 0 radical (unpaired) electrons. The van der Waals surface area contributed by atoms with Crippen LogP contribution in [0.1, 0.15) is 11.1 Å². The predicted molar refractivity (Wildman–Crippen MR) is 62.3 cm³/mol. The summed E-state index contributed by atoms with van der Waals surface area (Å²) < 4.78 is 4.98. The number of ether oxygens (including phenoxy) is 1. The Morgan fingerprint density at radius 1 is 1.56 bits per heavy atom. The topological polar surface area (TPSA) is 65.3 Å². The van der Waals surface area contributed by atoms with Gasteiger partial charge in [0.05, 0.1) is 30.5 Å². The number of para-hydroxylation sites is 1. The van der Waals surface area contributed by atoms with E-state index in [0.717, 1.165) is 11.3 Å². The molecule has 1 unspecified atom stereocenters.